The lowest BCUT2D eigenvalue weighted by molar-refractivity contribution is 0.222. The largest absolute Gasteiger partial charge is 0.253 e. The SMILES string of the molecule is CC1CC(C)CN(S(=O)(=O)c2cccc(-c3csc(NN=Cc4ccccc4Cl)n3)c2)C1. The Morgan fingerprint density at radius 2 is 1.91 bits per heavy atom. The molecular weight excluding hydrogens is 464 g/mol. The second-order valence-electron chi connectivity index (χ2n) is 8.23. The number of anilines is 1. The molecule has 0 aliphatic carbocycles. The van der Waals surface area contributed by atoms with E-state index < -0.39 is 10.0 Å². The third kappa shape index (κ3) is 5.20. The summed E-state index contributed by atoms with van der Waals surface area (Å²) in [5, 5.41) is 7.30. The maximum atomic E-state index is 13.2. The summed E-state index contributed by atoms with van der Waals surface area (Å²) in [6, 6.07) is 14.4. The fourth-order valence-electron chi connectivity index (χ4n) is 3.96. The number of hydrazone groups is 1. The lowest BCUT2D eigenvalue weighted by Crippen LogP contribution is -2.42. The molecule has 9 heteroatoms. The number of aromatic nitrogens is 1. The highest BCUT2D eigenvalue weighted by atomic mass is 35.5. The van der Waals surface area contributed by atoms with Gasteiger partial charge in [-0.3, -0.25) is 5.43 Å². The molecule has 2 aromatic carbocycles. The predicted octanol–water partition coefficient (Wildman–Crippen LogP) is 5.58. The van der Waals surface area contributed by atoms with Gasteiger partial charge in [0.2, 0.25) is 15.2 Å². The number of hydrogen-bond donors (Lipinski definition) is 1. The van der Waals surface area contributed by atoms with Crippen molar-refractivity contribution in [1.82, 2.24) is 9.29 Å². The highest BCUT2D eigenvalue weighted by Crippen LogP contribution is 2.30. The smallest absolute Gasteiger partial charge is 0.243 e. The van der Waals surface area contributed by atoms with Crippen molar-refractivity contribution in [1.29, 1.82) is 0 Å². The summed E-state index contributed by atoms with van der Waals surface area (Å²) in [5.41, 5.74) is 5.16. The minimum atomic E-state index is -3.54. The van der Waals surface area contributed by atoms with E-state index in [0.717, 1.165) is 17.5 Å². The van der Waals surface area contributed by atoms with Gasteiger partial charge in [-0.1, -0.05) is 55.8 Å². The molecule has 2 heterocycles. The van der Waals surface area contributed by atoms with Gasteiger partial charge in [-0.05, 0) is 36.5 Å². The van der Waals surface area contributed by atoms with Crippen LogP contribution in [0.5, 0.6) is 0 Å². The Morgan fingerprint density at radius 3 is 2.66 bits per heavy atom. The van der Waals surface area contributed by atoms with Crippen LogP contribution in [-0.2, 0) is 10.0 Å². The van der Waals surface area contributed by atoms with Crippen LogP contribution in [0.2, 0.25) is 5.02 Å². The molecule has 1 fully saturated rings. The van der Waals surface area contributed by atoms with Crippen LogP contribution in [0.3, 0.4) is 0 Å². The lowest BCUT2D eigenvalue weighted by Gasteiger charge is -2.34. The number of thiazole rings is 1. The van der Waals surface area contributed by atoms with Crippen molar-refractivity contribution in [2.24, 2.45) is 16.9 Å². The standard InChI is InChI=1S/C23H25ClN4O2S2/c1-16-10-17(2)14-28(13-16)32(29,30)20-8-5-7-18(11-20)22-15-31-23(26-22)27-25-12-19-6-3-4-9-21(19)24/h3-9,11-12,15-17H,10,13-14H2,1-2H3,(H,26,27). The van der Waals surface area contributed by atoms with Crippen LogP contribution in [-0.4, -0.2) is 37.0 Å². The second kappa shape index (κ2) is 9.70. The minimum Gasteiger partial charge on any atom is -0.253 e. The summed E-state index contributed by atoms with van der Waals surface area (Å²) in [5.74, 6) is 0.713. The quantitative estimate of drug-likeness (QED) is 0.363. The van der Waals surface area contributed by atoms with Crippen LogP contribution >= 0.6 is 22.9 Å². The van der Waals surface area contributed by atoms with Gasteiger partial charge >= 0.3 is 0 Å². The highest BCUT2D eigenvalue weighted by Gasteiger charge is 2.31. The molecular formula is C23H25ClN4O2S2. The van der Waals surface area contributed by atoms with Gasteiger partial charge in [-0.25, -0.2) is 13.4 Å². The van der Waals surface area contributed by atoms with Crippen molar-refractivity contribution >= 4 is 44.3 Å². The minimum absolute atomic E-state index is 0.301. The van der Waals surface area contributed by atoms with Crippen LogP contribution in [0.1, 0.15) is 25.8 Å². The summed E-state index contributed by atoms with van der Waals surface area (Å²) >= 11 is 7.53. The third-order valence-corrected chi connectivity index (χ3v) is 8.29. The fourth-order valence-corrected chi connectivity index (χ4v) is 6.54. The van der Waals surface area contributed by atoms with Crippen molar-refractivity contribution in [3.8, 4) is 11.3 Å². The Bertz CT molecular complexity index is 1220. The lowest BCUT2D eigenvalue weighted by atomic mass is 9.94. The molecule has 3 aromatic rings. The van der Waals surface area contributed by atoms with E-state index in [1.165, 1.54) is 11.3 Å². The monoisotopic (exact) mass is 488 g/mol. The number of nitrogens with zero attached hydrogens (tertiary/aromatic N) is 3. The van der Waals surface area contributed by atoms with E-state index in [2.05, 4.69) is 29.4 Å². The Balaban J connectivity index is 1.50. The van der Waals surface area contributed by atoms with Gasteiger partial charge in [0.15, 0.2) is 0 Å². The first kappa shape index (κ1) is 22.9. The number of halogens is 1. The van der Waals surface area contributed by atoms with Crippen molar-refractivity contribution in [3.05, 3.63) is 64.5 Å². The van der Waals surface area contributed by atoms with E-state index in [9.17, 15) is 8.42 Å². The Kier molecular flexibility index (Phi) is 6.95. The summed E-state index contributed by atoms with van der Waals surface area (Å²) < 4.78 is 28.1. The molecule has 0 amide bonds. The molecule has 2 unspecified atom stereocenters. The van der Waals surface area contributed by atoms with Crippen LogP contribution < -0.4 is 5.43 Å². The van der Waals surface area contributed by atoms with Gasteiger partial charge in [-0.2, -0.15) is 9.41 Å². The predicted molar refractivity (Wildman–Crippen MR) is 132 cm³/mol. The normalized spacial score (nSPS) is 20.0. The average Bonchev–Trinajstić information content (AvgIpc) is 3.23. The number of nitrogens with one attached hydrogen (secondary N) is 1. The molecule has 0 spiro atoms. The van der Waals surface area contributed by atoms with Crippen LogP contribution in [0.15, 0.2) is 63.9 Å². The molecule has 1 aromatic heterocycles. The summed E-state index contributed by atoms with van der Waals surface area (Å²) in [7, 11) is -3.54. The molecule has 0 bridgehead atoms. The molecule has 1 N–H and O–H groups in total. The van der Waals surface area contributed by atoms with Crippen molar-refractivity contribution in [2.75, 3.05) is 18.5 Å². The molecule has 4 rings (SSSR count). The van der Waals surface area contributed by atoms with E-state index in [1.807, 2.05) is 29.6 Å². The molecule has 0 saturated carbocycles. The van der Waals surface area contributed by atoms with Gasteiger partial charge < -0.3 is 0 Å². The Labute approximate surface area is 198 Å². The number of hydrogen-bond acceptors (Lipinski definition) is 6. The van der Waals surface area contributed by atoms with Gasteiger partial charge in [0.1, 0.15) is 0 Å². The molecule has 1 aliphatic heterocycles. The summed E-state index contributed by atoms with van der Waals surface area (Å²) in [6.45, 7) is 5.33. The molecule has 32 heavy (non-hydrogen) atoms. The highest BCUT2D eigenvalue weighted by molar-refractivity contribution is 7.89. The topological polar surface area (TPSA) is 74.7 Å². The maximum Gasteiger partial charge on any atom is 0.243 e. The van der Waals surface area contributed by atoms with E-state index in [-0.39, 0.29) is 0 Å². The van der Waals surface area contributed by atoms with E-state index in [1.54, 1.807) is 34.8 Å². The van der Waals surface area contributed by atoms with Crippen molar-refractivity contribution < 1.29 is 8.42 Å². The van der Waals surface area contributed by atoms with Crippen LogP contribution in [0, 0.1) is 11.8 Å². The molecule has 0 radical (unpaired) electrons. The van der Waals surface area contributed by atoms with E-state index >= 15 is 0 Å². The van der Waals surface area contributed by atoms with Gasteiger partial charge in [-0.15, -0.1) is 11.3 Å². The zero-order chi connectivity index (χ0) is 22.7. The van der Waals surface area contributed by atoms with Gasteiger partial charge in [0, 0.05) is 34.6 Å². The van der Waals surface area contributed by atoms with Crippen molar-refractivity contribution in [3.63, 3.8) is 0 Å². The molecule has 1 saturated heterocycles. The van der Waals surface area contributed by atoms with Crippen LogP contribution in [0.4, 0.5) is 5.13 Å². The first-order valence-electron chi connectivity index (χ1n) is 10.4. The molecule has 1 aliphatic rings. The van der Waals surface area contributed by atoms with E-state index in [4.69, 9.17) is 11.6 Å². The van der Waals surface area contributed by atoms with E-state index in [0.29, 0.717) is 45.7 Å². The van der Waals surface area contributed by atoms with Crippen molar-refractivity contribution in [2.45, 2.75) is 25.2 Å². The molecule has 2 atom stereocenters. The maximum absolute atomic E-state index is 13.2. The molecule has 168 valence electrons. The zero-order valence-corrected chi connectivity index (χ0v) is 20.3. The number of sulfonamides is 1. The Hall–Kier alpha value is -2.26. The fraction of sp³-hybridized carbons (Fsp3) is 0.304. The first-order chi connectivity index (χ1) is 15.3. The van der Waals surface area contributed by atoms with Crippen LogP contribution in [0.25, 0.3) is 11.3 Å². The number of piperidine rings is 1. The van der Waals surface area contributed by atoms with Gasteiger partial charge in [0.25, 0.3) is 0 Å². The second-order valence-corrected chi connectivity index (χ2v) is 11.4. The zero-order valence-electron chi connectivity index (χ0n) is 17.9. The molecule has 6 nitrogen and oxygen atoms in total. The Morgan fingerprint density at radius 1 is 1.16 bits per heavy atom. The third-order valence-electron chi connectivity index (χ3n) is 5.38. The summed E-state index contributed by atoms with van der Waals surface area (Å²) in [6.07, 6.45) is 2.69. The first-order valence-corrected chi connectivity index (χ1v) is 13.1. The summed E-state index contributed by atoms with van der Waals surface area (Å²) in [4.78, 5) is 4.85. The number of rotatable bonds is 6. The van der Waals surface area contributed by atoms with Gasteiger partial charge in [0.05, 0.1) is 16.8 Å². The number of benzene rings is 2. The average molecular weight is 489 g/mol.